The fourth-order valence-corrected chi connectivity index (χ4v) is 2.93. The molecule has 0 heterocycles. The van der Waals surface area contributed by atoms with Crippen LogP contribution in [0.2, 0.25) is 0 Å². The zero-order valence-electron chi connectivity index (χ0n) is 13.9. The van der Waals surface area contributed by atoms with E-state index < -0.39 is 0 Å². The molecular weight excluding hydrogens is 370 g/mol. The molecule has 0 fully saturated rings. The van der Waals surface area contributed by atoms with E-state index in [9.17, 15) is 0 Å². The van der Waals surface area contributed by atoms with Crippen LogP contribution in [-0.2, 0) is 13.0 Å². The largest absolute Gasteiger partial charge is 0.493 e. The zero-order chi connectivity index (χ0) is 17.4. The SMILES string of the molecule is COc1cc(CN=C(N)NCCc2ccccc2)cc(Br)c1OC. The van der Waals surface area contributed by atoms with Crippen molar-refractivity contribution in [1.82, 2.24) is 5.32 Å². The number of hydrogen-bond donors (Lipinski definition) is 2. The van der Waals surface area contributed by atoms with Crippen molar-refractivity contribution in [3.8, 4) is 11.5 Å². The Morgan fingerprint density at radius 3 is 2.54 bits per heavy atom. The highest BCUT2D eigenvalue weighted by molar-refractivity contribution is 9.10. The first kappa shape index (κ1) is 18.1. The van der Waals surface area contributed by atoms with E-state index in [0.29, 0.717) is 24.0 Å². The summed E-state index contributed by atoms with van der Waals surface area (Å²) in [5, 5.41) is 3.13. The molecule has 2 rings (SSSR count). The quantitative estimate of drug-likeness (QED) is 0.561. The predicted octanol–water partition coefficient (Wildman–Crippen LogP) is 3.11. The lowest BCUT2D eigenvalue weighted by Gasteiger charge is -2.11. The number of ether oxygens (including phenoxy) is 2. The van der Waals surface area contributed by atoms with E-state index in [2.05, 4.69) is 38.4 Å². The van der Waals surface area contributed by atoms with Gasteiger partial charge in [0, 0.05) is 6.54 Å². The van der Waals surface area contributed by atoms with Crippen molar-refractivity contribution >= 4 is 21.9 Å². The molecule has 0 spiro atoms. The molecule has 0 aromatic heterocycles. The van der Waals surface area contributed by atoms with Gasteiger partial charge in [-0.15, -0.1) is 0 Å². The van der Waals surface area contributed by atoms with E-state index >= 15 is 0 Å². The highest BCUT2D eigenvalue weighted by Crippen LogP contribution is 2.36. The van der Waals surface area contributed by atoms with Crippen LogP contribution in [0.15, 0.2) is 51.9 Å². The summed E-state index contributed by atoms with van der Waals surface area (Å²) in [6, 6.07) is 14.1. The Morgan fingerprint density at radius 1 is 1.12 bits per heavy atom. The van der Waals surface area contributed by atoms with Crippen molar-refractivity contribution in [3.63, 3.8) is 0 Å². The first-order valence-electron chi connectivity index (χ1n) is 7.62. The summed E-state index contributed by atoms with van der Waals surface area (Å²) in [6.07, 6.45) is 0.902. The van der Waals surface area contributed by atoms with Gasteiger partial charge in [-0.25, -0.2) is 4.99 Å². The maximum absolute atomic E-state index is 5.92. The Balaban J connectivity index is 1.91. The Labute approximate surface area is 151 Å². The van der Waals surface area contributed by atoms with Gasteiger partial charge in [0.15, 0.2) is 17.5 Å². The van der Waals surface area contributed by atoms with Crippen LogP contribution in [0.5, 0.6) is 11.5 Å². The van der Waals surface area contributed by atoms with Gasteiger partial charge in [-0.05, 0) is 45.6 Å². The van der Waals surface area contributed by atoms with Crippen molar-refractivity contribution in [2.24, 2.45) is 10.7 Å². The molecular formula is C18H22BrN3O2. The van der Waals surface area contributed by atoms with Crippen LogP contribution in [0.4, 0.5) is 0 Å². The molecule has 6 heteroatoms. The monoisotopic (exact) mass is 391 g/mol. The van der Waals surface area contributed by atoms with Crippen LogP contribution < -0.4 is 20.5 Å². The highest BCUT2D eigenvalue weighted by Gasteiger charge is 2.10. The molecule has 0 aliphatic carbocycles. The fourth-order valence-electron chi connectivity index (χ4n) is 2.27. The summed E-state index contributed by atoms with van der Waals surface area (Å²) in [4.78, 5) is 4.36. The Morgan fingerprint density at radius 2 is 1.88 bits per heavy atom. The van der Waals surface area contributed by atoms with Gasteiger partial charge in [-0.2, -0.15) is 0 Å². The molecule has 0 saturated carbocycles. The van der Waals surface area contributed by atoms with E-state index in [1.54, 1.807) is 14.2 Å². The van der Waals surface area contributed by atoms with Gasteiger partial charge in [-0.1, -0.05) is 30.3 Å². The summed E-state index contributed by atoms with van der Waals surface area (Å²) in [7, 11) is 3.21. The standard InChI is InChI=1S/C18H22BrN3O2/c1-23-16-11-14(10-15(19)17(16)24-2)12-22-18(20)21-9-8-13-6-4-3-5-7-13/h3-7,10-11H,8-9,12H2,1-2H3,(H3,20,21,22). The number of benzene rings is 2. The number of nitrogens with two attached hydrogens (primary N) is 1. The van der Waals surface area contributed by atoms with Gasteiger partial charge in [0.1, 0.15) is 0 Å². The summed E-state index contributed by atoms with van der Waals surface area (Å²) in [5.74, 6) is 1.75. The number of halogens is 1. The lowest BCUT2D eigenvalue weighted by atomic mass is 10.1. The number of aliphatic imine (C=N–C) groups is 1. The molecule has 2 aromatic carbocycles. The first-order valence-corrected chi connectivity index (χ1v) is 8.41. The first-order chi connectivity index (χ1) is 11.6. The normalized spacial score (nSPS) is 11.2. The molecule has 24 heavy (non-hydrogen) atoms. The molecule has 2 aromatic rings. The third-order valence-electron chi connectivity index (χ3n) is 3.49. The Bertz CT molecular complexity index is 690. The molecule has 128 valence electrons. The second-order valence-electron chi connectivity index (χ2n) is 5.18. The van der Waals surface area contributed by atoms with Crippen molar-refractivity contribution in [1.29, 1.82) is 0 Å². The molecule has 0 bridgehead atoms. The van der Waals surface area contributed by atoms with E-state index in [-0.39, 0.29) is 0 Å². The van der Waals surface area contributed by atoms with Gasteiger partial charge >= 0.3 is 0 Å². The summed E-state index contributed by atoms with van der Waals surface area (Å²) < 4.78 is 11.5. The number of hydrogen-bond acceptors (Lipinski definition) is 3. The molecule has 0 unspecified atom stereocenters. The number of methoxy groups -OCH3 is 2. The maximum Gasteiger partial charge on any atom is 0.188 e. The smallest absolute Gasteiger partial charge is 0.188 e. The second-order valence-corrected chi connectivity index (χ2v) is 6.03. The minimum Gasteiger partial charge on any atom is -0.493 e. The third-order valence-corrected chi connectivity index (χ3v) is 4.08. The van der Waals surface area contributed by atoms with E-state index in [1.807, 2.05) is 30.3 Å². The van der Waals surface area contributed by atoms with Crippen LogP contribution in [0.25, 0.3) is 0 Å². The summed E-state index contributed by atoms with van der Waals surface area (Å²) >= 11 is 3.47. The third kappa shape index (κ3) is 5.16. The minimum absolute atomic E-state index is 0.428. The average Bonchev–Trinajstić information content (AvgIpc) is 2.60. The number of rotatable bonds is 7. The van der Waals surface area contributed by atoms with E-state index in [0.717, 1.165) is 23.0 Å². The molecule has 3 N–H and O–H groups in total. The van der Waals surface area contributed by atoms with Gasteiger partial charge in [0.2, 0.25) is 0 Å². The second kappa shape index (κ2) is 9.17. The van der Waals surface area contributed by atoms with Crippen LogP contribution >= 0.6 is 15.9 Å². The van der Waals surface area contributed by atoms with Gasteiger partial charge in [-0.3, -0.25) is 0 Å². The molecule has 0 saturated heterocycles. The van der Waals surface area contributed by atoms with Crippen molar-refractivity contribution in [2.75, 3.05) is 20.8 Å². The molecule has 5 nitrogen and oxygen atoms in total. The topological polar surface area (TPSA) is 68.9 Å². The van der Waals surface area contributed by atoms with Crippen molar-refractivity contribution in [3.05, 3.63) is 58.1 Å². The maximum atomic E-state index is 5.92. The minimum atomic E-state index is 0.428. The van der Waals surface area contributed by atoms with E-state index in [1.165, 1.54) is 5.56 Å². The van der Waals surface area contributed by atoms with Gasteiger partial charge in [0.25, 0.3) is 0 Å². The van der Waals surface area contributed by atoms with Crippen LogP contribution in [0.1, 0.15) is 11.1 Å². The van der Waals surface area contributed by atoms with Crippen molar-refractivity contribution in [2.45, 2.75) is 13.0 Å². The lowest BCUT2D eigenvalue weighted by molar-refractivity contribution is 0.352. The molecule has 0 atom stereocenters. The Kier molecular flexibility index (Phi) is 6.93. The molecule has 0 radical (unpaired) electrons. The van der Waals surface area contributed by atoms with Crippen molar-refractivity contribution < 1.29 is 9.47 Å². The van der Waals surface area contributed by atoms with E-state index in [4.69, 9.17) is 15.2 Å². The summed E-state index contributed by atoms with van der Waals surface area (Å²) in [5.41, 5.74) is 8.17. The van der Waals surface area contributed by atoms with Crippen LogP contribution in [0, 0.1) is 0 Å². The molecule has 0 amide bonds. The number of nitrogens with one attached hydrogen (secondary N) is 1. The molecule has 0 aliphatic rings. The van der Waals surface area contributed by atoms with Crippen LogP contribution in [-0.4, -0.2) is 26.7 Å². The fraction of sp³-hybridized carbons (Fsp3) is 0.278. The average molecular weight is 392 g/mol. The van der Waals surface area contributed by atoms with Gasteiger partial charge in [0.05, 0.1) is 25.2 Å². The van der Waals surface area contributed by atoms with Gasteiger partial charge < -0.3 is 20.5 Å². The lowest BCUT2D eigenvalue weighted by Crippen LogP contribution is -2.33. The summed E-state index contributed by atoms with van der Waals surface area (Å²) in [6.45, 7) is 1.21. The number of nitrogens with zero attached hydrogens (tertiary/aromatic N) is 1. The highest BCUT2D eigenvalue weighted by atomic mass is 79.9. The number of guanidine groups is 1. The van der Waals surface area contributed by atoms with Crippen LogP contribution in [0.3, 0.4) is 0 Å². The molecule has 0 aliphatic heterocycles. The zero-order valence-corrected chi connectivity index (χ0v) is 15.5. The predicted molar refractivity (Wildman–Crippen MR) is 101 cm³/mol. The Hall–Kier alpha value is -2.21.